The molecule has 1 fully saturated rings. The average molecular weight is 341 g/mol. The zero-order chi connectivity index (χ0) is 17.6. The van der Waals surface area contributed by atoms with Crippen LogP contribution in [0.3, 0.4) is 0 Å². The van der Waals surface area contributed by atoms with E-state index in [0.717, 1.165) is 0 Å². The van der Waals surface area contributed by atoms with Crippen molar-refractivity contribution in [3.63, 3.8) is 0 Å². The molecular formula is C15H28BNO5Si. The van der Waals surface area contributed by atoms with Gasteiger partial charge in [-0.25, -0.2) is 0 Å². The molecule has 2 radical (unpaired) electrons. The van der Waals surface area contributed by atoms with E-state index in [1.54, 1.807) is 0 Å². The molecular weight excluding hydrogens is 313 g/mol. The number of carbonyl (C=O) groups excluding carboxylic acids is 2. The Hall–Kier alpha value is -0.858. The number of carbonyl (C=O) groups is 2. The first-order valence-corrected chi connectivity index (χ1v) is 11.6. The van der Waals surface area contributed by atoms with E-state index in [4.69, 9.17) is 21.7 Å². The summed E-state index contributed by atoms with van der Waals surface area (Å²) in [5, 5.41) is 2.65. The zero-order valence-corrected chi connectivity index (χ0v) is 15.8. The number of rotatable bonds is 8. The van der Waals surface area contributed by atoms with Gasteiger partial charge in [-0.3, -0.25) is 9.59 Å². The van der Waals surface area contributed by atoms with Gasteiger partial charge in [0, 0.05) is 24.9 Å². The third kappa shape index (κ3) is 7.05. The van der Waals surface area contributed by atoms with Crippen molar-refractivity contribution in [1.82, 2.24) is 5.32 Å². The molecule has 23 heavy (non-hydrogen) atoms. The Labute approximate surface area is 141 Å². The van der Waals surface area contributed by atoms with Gasteiger partial charge in [0.25, 0.3) is 0 Å². The van der Waals surface area contributed by atoms with Gasteiger partial charge in [0.15, 0.2) is 8.32 Å². The summed E-state index contributed by atoms with van der Waals surface area (Å²) < 4.78 is 17.0. The van der Waals surface area contributed by atoms with Crippen LogP contribution in [-0.2, 0) is 23.5 Å². The summed E-state index contributed by atoms with van der Waals surface area (Å²) in [6.07, 6.45) is -0.633. The Morgan fingerprint density at radius 3 is 2.48 bits per heavy atom. The predicted molar refractivity (Wildman–Crippen MR) is 90.7 cm³/mol. The Balaban J connectivity index is 2.52. The Morgan fingerprint density at radius 1 is 1.26 bits per heavy atom. The molecule has 130 valence electrons. The minimum atomic E-state index is -1.69. The molecule has 4 atom stereocenters. The first kappa shape index (κ1) is 20.2. The van der Waals surface area contributed by atoms with Gasteiger partial charge in [-0.15, -0.1) is 0 Å². The fourth-order valence-electron chi connectivity index (χ4n) is 2.29. The van der Waals surface area contributed by atoms with Crippen LogP contribution in [0, 0.1) is 5.92 Å². The molecule has 1 aliphatic rings. The summed E-state index contributed by atoms with van der Waals surface area (Å²) >= 11 is 0. The van der Waals surface area contributed by atoms with Crippen LogP contribution in [-0.4, -0.2) is 59.4 Å². The van der Waals surface area contributed by atoms with Gasteiger partial charge < -0.3 is 19.2 Å². The smallest absolute Gasteiger partial charge is 0.306 e. The highest BCUT2D eigenvalue weighted by molar-refractivity contribution is 6.69. The van der Waals surface area contributed by atoms with Crippen molar-refractivity contribution in [2.24, 2.45) is 5.92 Å². The number of amides is 1. The first-order chi connectivity index (χ1) is 10.6. The van der Waals surface area contributed by atoms with Crippen LogP contribution < -0.4 is 5.32 Å². The van der Waals surface area contributed by atoms with Gasteiger partial charge in [0.05, 0.1) is 13.0 Å². The van der Waals surface area contributed by atoms with Crippen LogP contribution in [0.5, 0.6) is 0 Å². The Bertz CT molecular complexity index is 415. The lowest BCUT2D eigenvalue weighted by Crippen LogP contribution is -2.38. The van der Waals surface area contributed by atoms with E-state index in [9.17, 15) is 9.59 Å². The lowest BCUT2D eigenvalue weighted by atomic mass is 9.86. The summed E-state index contributed by atoms with van der Waals surface area (Å²) in [7, 11) is 4.22. The van der Waals surface area contributed by atoms with E-state index in [-0.39, 0.29) is 30.8 Å². The zero-order valence-electron chi connectivity index (χ0n) is 14.8. The molecule has 0 spiro atoms. The molecule has 1 unspecified atom stereocenters. The van der Waals surface area contributed by atoms with E-state index in [2.05, 4.69) is 25.0 Å². The topological polar surface area (TPSA) is 73.9 Å². The maximum atomic E-state index is 12.0. The van der Waals surface area contributed by atoms with Crippen LogP contribution in [0.2, 0.25) is 19.6 Å². The lowest BCUT2D eigenvalue weighted by molar-refractivity contribution is -0.155. The molecule has 0 aromatic rings. The van der Waals surface area contributed by atoms with Gasteiger partial charge in [-0.1, -0.05) is 6.92 Å². The first-order valence-electron chi connectivity index (χ1n) is 8.15. The van der Waals surface area contributed by atoms with E-state index >= 15 is 0 Å². The summed E-state index contributed by atoms with van der Waals surface area (Å²) in [5.74, 6) is -0.682. The Kier molecular flexibility index (Phi) is 7.76. The molecule has 0 saturated carbocycles. The van der Waals surface area contributed by atoms with E-state index in [0.29, 0.717) is 13.2 Å². The van der Waals surface area contributed by atoms with Crippen molar-refractivity contribution in [2.75, 3.05) is 13.2 Å². The van der Waals surface area contributed by atoms with Gasteiger partial charge in [0.2, 0.25) is 5.91 Å². The van der Waals surface area contributed by atoms with E-state index in [1.807, 2.05) is 13.8 Å². The van der Waals surface area contributed by atoms with Gasteiger partial charge in [-0.2, -0.15) is 0 Å². The van der Waals surface area contributed by atoms with Crippen molar-refractivity contribution < 1.29 is 23.5 Å². The van der Waals surface area contributed by atoms with Crippen LogP contribution >= 0.6 is 0 Å². The third-order valence-corrected chi connectivity index (χ3v) is 4.65. The van der Waals surface area contributed by atoms with Gasteiger partial charge in [-0.05, 0) is 26.6 Å². The molecule has 1 heterocycles. The standard InChI is InChI=1S/C15H28BNO5Si/c1-6-17-12(18)7-8-13(19)22-14-10(2)15(16)21-11(14)9-20-23(3,4)5/h10-11,14-15H,6-9H2,1-5H3,(H,17,18)/t10?,11-,14-,15-/m1/s1. The summed E-state index contributed by atoms with van der Waals surface area (Å²) in [6.45, 7) is 10.9. The van der Waals surface area contributed by atoms with Gasteiger partial charge in [0.1, 0.15) is 20.1 Å². The largest absolute Gasteiger partial charge is 0.459 e. The molecule has 1 saturated heterocycles. The SMILES string of the molecule is [B][C@@H]1O[C@H](CO[Si](C)(C)C)[C@H](OC(=O)CCC(=O)NCC)C1C. The normalized spacial score (nSPS) is 27.7. The van der Waals surface area contributed by atoms with Crippen LogP contribution in [0.1, 0.15) is 26.7 Å². The highest BCUT2D eigenvalue weighted by atomic mass is 28.4. The molecule has 1 aliphatic heterocycles. The molecule has 6 nitrogen and oxygen atoms in total. The van der Waals surface area contributed by atoms with Crippen molar-refractivity contribution in [2.45, 2.75) is 64.5 Å². The molecule has 0 aromatic heterocycles. The lowest BCUT2D eigenvalue weighted by Gasteiger charge is -2.25. The van der Waals surface area contributed by atoms with Crippen LogP contribution in [0.25, 0.3) is 0 Å². The minimum Gasteiger partial charge on any atom is -0.459 e. The van der Waals surface area contributed by atoms with E-state index < -0.39 is 26.4 Å². The second-order valence-corrected chi connectivity index (χ2v) is 11.3. The second kappa shape index (κ2) is 8.84. The summed E-state index contributed by atoms with van der Waals surface area (Å²) in [5.41, 5.74) is 0. The minimum absolute atomic E-state index is 0.0475. The van der Waals surface area contributed by atoms with Crippen molar-refractivity contribution >= 4 is 28.0 Å². The maximum absolute atomic E-state index is 12.0. The molecule has 0 bridgehead atoms. The molecule has 0 aromatic carbocycles. The summed E-state index contributed by atoms with van der Waals surface area (Å²) in [4.78, 5) is 23.4. The van der Waals surface area contributed by atoms with Gasteiger partial charge >= 0.3 is 5.97 Å². The Morgan fingerprint density at radius 2 is 1.91 bits per heavy atom. The number of hydrogen-bond donors (Lipinski definition) is 1. The number of hydrogen-bond acceptors (Lipinski definition) is 5. The maximum Gasteiger partial charge on any atom is 0.306 e. The molecule has 8 heteroatoms. The molecule has 1 rings (SSSR count). The van der Waals surface area contributed by atoms with Crippen molar-refractivity contribution in [3.05, 3.63) is 0 Å². The second-order valence-electron chi connectivity index (χ2n) is 6.83. The number of nitrogens with one attached hydrogen (secondary N) is 1. The van der Waals surface area contributed by atoms with Crippen molar-refractivity contribution in [3.8, 4) is 0 Å². The average Bonchev–Trinajstić information content (AvgIpc) is 2.70. The molecule has 1 amide bonds. The fourth-order valence-corrected chi connectivity index (χ4v) is 2.95. The quantitative estimate of drug-likeness (QED) is 0.530. The molecule has 0 aliphatic carbocycles. The number of esters is 1. The predicted octanol–water partition coefficient (Wildman–Crippen LogP) is 1.20. The van der Waals surface area contributed by atoms with Crippen molar-refractivity contribution in [1.29, 1.82) is 0 Å². The third-order valence-electron chi connectivity index (χ3n) is 3.61. The van der Waals surface area contributed by atoms with Crippen LogP contribution in [0.15, 0.2) is 0 Å². The highest BCUT2D eigenvalue weighted by Crippen LogP contribution is 2.29. The van der Waals surface area contributed by atoms with Crippen LogP contribution in [0.4, 0.5) is 0 Å². The fraction of sp³-hybridized carbons (Fsp3) is 0.867. The highest BCUT2D eigenvalue weighted by Gasteiger charge is 2.42. The summed E-state index contributed by atoms with van der Waals surface area (Å²) in [6, 6.07) is -0.480. The molecule has 1 N–H and O–H groups in total. The van der Waals surface area contributed by atoms with E-state index in [1.165, 1.54) is 0 Å². The monoisotopic (exact) mass is 341 g/mol. The number of ether oxygens (including phenoxy) is 2.